The molecule has 25 heavy (non-hydrogen) atoms. The molecule has 0 atom stereocenters. The predicted molar refractivity (Wildman–Crippen MR) is 99.8 cm³/mol. The molecule has 1 aromatic heterocycles. The van der Waals surface area contributed by atoms with Gasteiger partial charge in [-0.1, -0.05) is 18.9 Å². The largest absolute Gasteiger partial charge is 0.331 e. The summed E-state index contributed by atoms with van der Waals surface area (Å²) in [5, 5.41) is 0. The Labute approximate surface area is 150 Å². The molecule has 4 rings (SSSR count). The average Bonchev–Trinajstić information content (AvgIpc) is 3.23. The number of carbonyl (C=O) groups excluding carboxylic acids is 1. The van der Waals surface area contributed by atoms with Crippen molar-refractivity contribution in [2.24, 2.45) is 0 Å². The van der Waals surface area contributed by atoms with Crippen LogP contribution in [0.1, 0.15) is 69.6 Å². The standard InChI is InChI=1S/C22H26N2O/c1-14-8-9-17(12-23-14)10-18-11-20-21(16(3)15(18)2)13-24(22(20)25)19-6-4-5-7-19/h8-9,11-12,19H,4-7,10,13H2,1-3H3. The van der Waals surface area contributed by atoms with Crippen molar-refractivity contribution in [3.05, 3.63) is 63.5 Å². The van der Waals surface area contributed by atoms with E-state index < -0.39 is 0 Å². The number of rotatable bonds is 3. The second-order valence-corrected chi connectivity index (χ2v) is 7.67. The van der Waals surface area contributed by atoms with Gasteiger partial charge in [-0.25, -0.2) is 0 Å². The number of hydrogen-bond acceptors (Lipinski definition) is 2. The van der Waals surface area contributed by atoms with Crippen LogP contribution in [0.2, 0.25) is 0 Å². The third kappa shape index (κ3) is 2.86. The quantitative estimate of drug-likeness (QED) is 0.828. The average molecular weight is 334 g/mol. The van der Waals surface area contributed by atoms with Crippen LogP contribution in [-0.2, 0) is 13.0 Å². The molecule has 2 heterocycles. The maximum Gasteiger partial charge on any atom is 0.254 e. The Hall–Kier alpha value is -2.16. The Bertz CT molecular complexity index is 817. The lowest BCUT2D eigenvalue weighted by Crippen LogP contribution is -2.33. The molecule has 130 valence electrons. The third-order valence-corrected chi connectivity index (χ3v) is 6.09. The molecule has 0 N–H and O–H groups in total. The normalized spacial score (nSPS) is 17.4. The fraction of sp³-hybridized carbons (Fsp3) is 0.455. The van der Waals surface area contributed by atoms with E-state index in [2.05, 4.69) is 41.9 Å². The van der Waals surface area contributed by atoms with Crippen LogP contribution in [0.15, 0.2) is 24.4 Å². The van der Waals surface area contributed by atoms with E-state index in [0.29, 0.717) is 6.04 Å². The summed E-state index contributed by atoms with van der Waals surface area (Å²) in [4.78, 5) is 19.5. The predicted octanol–water partition coefficient (Wildman–Crippen LogP) is 4.50. The van der Waals surface area contributed by atoms with E-state index in [0.717, 1.165) is 24.2 Å². The lowest BCUT2D eigenvalue weighted by molar-refractivity contribution is 0.0707. The van der Waals surface area contributed by atoms with Gasteiger partial charge in [-0.05, 0) is 80.0 Å². The molecule has 1 aromatic carbocycles. The molecule has 1 aliphatic carbocycles. The van der Waals surface area contributed by atoms with Crippen LogP contribution in [0.4, 0.5) is 0 Å². The molecule has 0 saturated heterocycles. The first-order chi connectivity index (χ1) is 12.0. The fourth-order valence-electron chi connectivity index (χ4n) is 4.35. The second-order valence-electron chi connectivity index (χ2n) is 7.67. The zero-order valence-corrected chi connectivity index (χ0v) is 15.4. The van der Waals surface area contributed by atoms with E-state index in [1.807, 2.05) is 13.1 Å². The van der Waals surface area contributed by atoms with Gasteiger partial charge in [0.05, 0.1) is 0 Å². The summed E-state index contributed by atoms with van der Waals surface area (Å²) in [6, 6.07) is 6.79. The monoisotopic (exact) mass is 334 g/mol. The number of carbonyl (C=O) groups is 1. The van der Waals surface area contributed by atoms with Crippen LogP contribution < -0.4 is 0 Å². The van der Waals surface area contributed by atoms with E-state index >= 15 is 0 Å². The SMILES string of the molecule is Cc1ccc(Cc2cc3c(c(C)c2C)CN(C2CCCC2)C3=O)cn1. The summed E-state index contributed by atoms with van der Waals surface area (Å²) >= 11 is 0. The topological polar surface area (TPSA) is 33.2 Å². The van der Waals surface area contributed by atoms with Crippen molar-refractivity contribution in [3.63, 3.8) is 0 Å². The van der Waals surface area contributed by atoms with Crippen LogP contribution in [0, 0.1) is 20.8 Å². The smallest absolute Gasteiger partial charge is 0.254 e. The molecular weight excluding hydrogens is 308 g/mol. The number of hydrogen-bond donors (Lipinski definition) is 0. The minimum absolute atomic E-state index is 0.244. The Morgan fingerprint density at radius 1 is 1.12 bits per heavy atom. The molecule has 1 fully saturated rings. The summed E-state index contributed by atoms with van der Waals surface area (Å²) in [5.41, 5.74) is 8.29. The second kappa shape index (κ2) is 6.29. The maximum absolute atomic E-state index is 13.0. The number of nitrogens with zero attached hydrogens (tertiary/aromatic N) is 2. The number of benzene rings is 1. The van der Waals surface area contributed by atoms with Crippen molar-refractivity contribution >= 4 is 5.91 Å². The zero-order chi connectivity index (χ0) is 17.6. The van der Waals surface area contributed by atoms with Crippen molar-refractivity contribution < 1.29 is 4.79 Å². The molecule has 2 aliphatic rings. The summed E-state index contributed by atoms with van der Waals surface area (Å²) in [5.74, 6) is 0.244. The molecule has 1 aliphatic heterocycles. The highest BCUT2D eigenvalue weighted by atomic mass is 16.2. The van der Waals surface area contributed by atoms with Crippen LogP contribution in [0.5, 0.6) is 0 Å². The number of aromatic nitrogens is 1. The molecule has 3 nitrogen and oxygen atoms in total. The molecule has 1 saturated carbocycles. The maximum atomic E-state index is 13.0. The van der Waals surface area contributed by atoms with Gasteiger partial charge < -0.3 is 4.90 Å². The van der Waals surface area contributed by atoms with Gasteiger partial charge in [0.1, 0.15) is 0 Å². The first-order valence-corrected chi connectivity index (χ1v) is 9.39. The van der Waals surface area contributed by atoms with Crippen molar-refractivity contribution in [2.45, 2.75) is 65.5 Å². The van der Waals surface area contributed by atoms with Crippen molar-refractivity contribution in [1.82, 2.24) is 9.88 Å². The summed E-state index contributed by atoms with van der Waals surface area (Å²) < 4.78 is 0. The van der Waals surface area contributed by atoms with E-state index in [1.165, 1.54) is 53.5 Å². The van der Waals surface area contributed by atoms with Crippen molar-refractivity contribution in [2.75, 3.05) is 0 Å². The summed E-state index contributed by atoms with van der Waals surface area (Å²) in [6.45, 7) is 7.18. The van der Waals surface area contributed by atoms with E-state index in [1.54, 1.807) is 0 Å². The Kier molecular flexibility index (Phi) is 4.10. The van der Waals surface area contributed by atoms with Crippen molar-refractivity contribution in [3.8, 4) is 0 Å². The zero-order valence-electron chi connectivity index (χ0n) is 15.4. The van der Waals surface area contributed by atoms with Gasteiger partial charge in [-0.15, -0.1) is 0 Å². The first-order valence-electron chi connectivity index (χ1n) is 9.39. The van der Waals surface area contributed by atoms with Gasteiger partial charge >= 0.3 is 0 Å². The van der Waals surface area contributed by atoms with E-state index in [4.69, 9.17) is 0 Å². The molecule has 0 spiro atoms. The molecule has 3 heteroatoms. The van der Waals surface area contributed by atoms with Crippen LogP contribution in [-0.4, -0.2) is 21.8 Å². The van der Waals surface area contributed by atoms with E-state index in [9.17, 15) is 4.79 Å². The lowest BCUT2D eigenvalue weighted by Gasteiger charge is -2.23. The van der Waals surface area contributed by atoms with Gasteiger partial charge in [0.25, 0.3) is 5.91 Å². The Morgan fingerprint density at radius 2 is 1.88 bits per heavy atom. The summed E-state index contributed by atoms with van der Waals surface area (Å²) in [7, 11) is 0. The van der Waals surface area contributed by atoms with Crippen LogP contribution >= 0.6 is 0 Å². The minimum atomic E-state index is 0.244. The van der Waals surface area contributed by atoms with Crippen molar-refractivity contribution in [1.29, 1.82) is 0 Å². The van der Waals surface area contributed by atoms with E-state index in [-0.39, 0.29) is 5.91 Å². The molecule has 0 bridgehead atoms. The highest BCUT2D eigenvalue weighted by Gasteiger charge is 2.35. The Balaban J connectivity index is 1.67. The van der Waals surface area contributed by atoms with Crippen LogP contribution in [0.3, 0.4) is 0 Å². The molecule has 2 aromatic rings. The van der Waals surface area contributed by atoms with Gasteiger partial charge in [0.15, 0.2) is 0 Å². The third-order valence-electron chi connectivity index (χ3n) is 6.09. The number of pyridine rings is 1. The molecular formula is C22H26N2O. The molecule has 1 amide bonds. The van der Waals surface area contributed by atoms with Gasteiger partial charge in [0, 0.05) is 30.0 Å². The fourth-order valence-corrected chi connectivity index (χ4v) is 4.35. The highest BCUT2D eigenvalue weighted by molar-refractivity contribution is 5.99. The molecule has 0 unspecified atom stereocenters. The summed E-state index contributed by atoms with van der Waals surface area (Å²) in [6.07, 6.45) is 7.64. The van der Waals surface area contributed by atoms with Gasteiger partial charge in [-0.3, -0.25) is 9.78 Å². The minimum Gasteiger partial charge on any atom is -0.331 e. The number of amides is 1. The number of aryl methyl sites for hydroxylation is 1. The van der Waals surface area contributed by atoms with Gasteiger partial charge in [0.2, 0.25) is 0 Å². The van der Waals surface area contributed by atoms with Crippen LogP contribution in [0.25, 0.3) is 0 Å². The lowest BCUT2D eigenvalue weighted by atomic mass is 9.91. The first kappa shape index (κ1) is 16.3. The Morgan fingerprint density at radius 3 is 2.56 bits per heavy atom. The molecule has 0 radical (unpaired) electrons. The number of fused-ring (bicyclic) bond motifs is 1. The van der Waals surface area contributed by atoms with Gasteiger partial charge in [-0.2, -0.15) is 0 Å². The highest BCUT2D eigenvalue weighted by Crippen LogP contribution is 2.35.